The number of carbonyl (C=O) groups excluding carboxylic acids is 2. The van der Waals surface area contributed by atoms with E-state index in [4.69, 9.17) is 9.47 Å². The fourth-order valence-electron chi connectivity index (χ4n) is 3.92. The predicted molar refractivity (Wildman–Crippen MR) is 124 cm³/mol. The van der Waals surface area contributed by atoms with Gasteiger partial charge in [-0.1, -0.05) is 30.3 Å². The van der Waals surface area contributed by atoms with Crippen LogP contribution in [0.1, 0.15) is 22.8 Å². The van der Waals surface area contributed by atoms with E-state index in [-0.39, 0.29) is 36.8 Å². The van der Waals surface area contributed by atoms with E-state index in [1.54, 1.807) is 16.7 Å². The van der Waals surface area contributed by atoms with Crippen LogP contribution in [0.3, 0.4) is 0 Å². The molecule has 0 radical (unpaired) electrons. The third kappa shape index (κ3) is 4.16. The van der Waals surface area contributed by atoms with Crippen molar-refractivity contribution in [1.82, 2.24) is 0 Å². The molecule has 0 saturated heterocycles. The fourth-order valence-corrected chi connectivity index (χ4v) is 5.19. The highest BCUT2D eigenvalue weighted by Crippen LogP contribution is 2.47. The quantitative estimate of drug-likeness (QED) is 0.615. The van der Waals surface area contributed by atoms with Gasteiger partial charge < -0.3 is 19.7 Å². The Labute approximate surface area is 190 Å². The Bertz CT molecular complexity index is 1200. The topological polar surface area (TPSA) is 67.9 Å². The van der Waals surface area contributed by atoms with Crippen LogP contribution in [0.4, 0.5) is 11.4 Å². The van der Waals surface area contributed by atoms with Gasteiger partial charge in [-0.05, 0) is 54.4 Å². The Balaban J connectivity index is 1.40. The normalized spacial score (nSPS) is 17.0. The summed E-state index contributed by atoms with van der Waals surface area (Å²) < 4.78 is 10.9. The molecule has 1 atom stereocenters. The maximum absolute atomic E-state index is 13.3. The first-order chi connectivity index (χ1) is 15.6. The number of carbonyl (C=O) groups is 2. The number of amides is 2. The SMILES string of the molecule is Cc1cccc(NC(=O)CN2C(=O)CC(c3ccc4c(c3)OCO4)Sc3ccccc32)c1. The molecule has 0 saturated carbocycles. The first-order valence-corrected chi connectivity index (χ1v) is 11.3. The summed E-state index contributed by atoms with van der Waals surface area (Å²) in [6.45, 7) is 2.14. The number of thioether (sulfide) groups is 1. The van der Waals surface area contributed by atoms with Gasteiger partial charge >= 0.3 is 0 Å². The second-order valence-corrected chi connectivity index (χ2v) is 9.03. The lowest BCUT2D eigenvalue weighted by Gasteiger charge is -2.22. The van der Waals surface area contributed by atoms with Crippen molar-refractivity contribution in [2.75, 3.05) is 23.6 Å². The third-order valence-electron chi connectivity index (χ3n) is 5.46. The molecule has 3 aromatic rings. The Morgan fingerprint density at radius 3 is 2.78 bits per heavy atom. The molecule has 6 nitrogen and oxygen atoms in total. The Hall–Kier alpha value is -3.45. The lowest BCUT2D eigenvalue weighted by molar-refractivity contribution is -0.121. The van der Waals surface area contributed by atoms with E-state index in [9.17, 15) is 9.59 Å². The van der Waals surface area contributed by atoms with Crippen LogP contribution in [0.5, 0.6) is 11.5 Å². The lowest BCUT2D eigenvalue weighted by atomic mass is 10.1. The molecule has 32 heavy (non-hydrogen) atoms. The lowest BCUT2D eigenvalue weighted by Crippen LogP contribution is -2.38. The summed E-state index contributed by atoms with van der Waals surface area (Å²) in [6.07, 6.45) is 0.275. The minimum absolute atomic E-state index is 0.0434. The van der Waals surface area contributed by atoms with Crippen LogP contribution in [-0.4, -0.2) is 25.2 Å². The smallest absolute Gasteiger partial charge is 0.244 e. The van der Waals surface area contributed by atoms with Gasteiger partial charge in [0.1, 0.15) is 6.54 Å². The van der Waals surface area contributed by atoms with Crippen molar-refractivity contribution in [3.05, 3.63) is 77.9 Å². The van der Waals surface area contributed by atoms with Crippen LogP contribution in [0.15, 0.2) is 71.6 Å². The molecule has 2 amide bonds. The van der Waals surface area contributed by atoms with Crippen molar-refractivity contribution in [2.24, 2.45) is 0 Å². The maximum Gasteiger partial charge on any atom is 0.244 e. The highest BCUT2D eigenvalue weighted by Gasteiger charge is 2.31. The van der Waals surface area contributed by atoms with Crippen LogP contribution in [0, 0.1) is 6.92 Å². The van der Waals surface area contributed by atoms with Crippen LogP contribution < -0.4 is 19.7 Å². The first-order valence-electron chi connectivity index (χ1n) is 10.4. The molecule has 2 aliphatic rings. The van der Waals surface area contributed by atoms with Gasteiger partial charge in [0, 0.05) is 22.3 Å². The highest BCUT2D eigenvalue weighted by molar-refractivity contribution is 7.99. The fraction of sp³-hybridized carbons (Fsp3) is 0.200. The van der Waals surface area contributed by atoms with E-state index in [0.29, 0.717) is 11.5 Å². The van der Waals surface area contributed by atoms with Crippen molar-refractivity contribution in [3.8, 4) is 11.5 Å². The van der Waals surface area contributed by atoms with Gasteiger partial charge in [0.25, 0.3) is 0 Å². The number of ether oxygens (including phenoxy) is 2. The van der Waals surface area contributed by atoms with E-state index in [2.05, 4.69) is 5.32 Å². The van der Waals surface area contributed by atoms with Crippen LogP contribution in [-0.2, 0) is 9.59 Å². The Morgan fingerprint density at radius 2 is 1.91 bits per heavy atom. The molecule has 2 heterocycles. The van der Waals surface area contributed by atoms with Crippen molar-refractivity contribution in [1.29, 1.82) is 0 Å². The average molecular weight is 447 g/mol. The molecule has 7 heteroatoms. The van der Waals surface area contributed by atoms with E-state index < -0.39 is 0 Å². The molecule has 0 fully saturated rings. The second kappa shape index (κ2) is 8.59. The number of hydrogen-bond acceptors (Lipinski definition) is 5. The van der Waals surface area contributed by atoms with Crippen LogP contribution in [0.2, 0.25) is 0 Å². The summed E-state index contributed by atoms with van der Waals surface area (Å²) in [5.74, 6) is 1.09. The summed E-state index contributed by atoms with van der Waals surface area (Å²) in [5.41, 5.74) is 3.53. The molecule has 2 aliphatic heterocycles. The molecule has 1 N–H and O–H groups in total. The molecule has 3 aromatic carbocycles. The molecule has 0 aromatic heterocycles. The van der Waals surface area contributed by atoms with E-state index >= 15 is 0 Å². The van der Waals surface area contributed by atoms with Crippen molar-refractivity contribution in [2.45, 2.75) is 23.5 Å². The van der Waals surface area contributed by atoms with Crippen molar-refractivity contribution < 1.29 is 19.1 Å². The molecule has 0 bridgehead atoms. The van der Waals surface area contributed by atoms with Gasteiger partial charge in [-0.3, -0.25) is 9.59 Å². The van der Waals surface area contributed by atoms with Gasteiger partial charge in [0.2, 0.25) is 18.6 Å². The average Bonchev–Trinajstić information content (AvgIpc) is 3.20. The van der Waals surface area contributed by atoms with E-state index in [1.807, 2.05) is 73.7 Å². The van der Waals surface area contributed by atoms with Crippen LogP contribution >= 0.6 is 11.8 Å². The molecule has 1 unspecified atom stereocenters. The molecule has 0 aliphatic carbocycles. The minimum atomic E-state index is -0.231. The zero-order valence-electron chi connectivity index (χ0n) is 17.5. The number of fused-ring (bicyclic) bond motifs is 2. The van der Waals surface area contributed by atoms with Gasteiger partial charge in [-0.15, -0.1) is 11.8 Å². The zero-order valence-corrected chi connectivity index (χ0v) is 18.4. The molecule has 162 valence electrons. The third-order valence-corrected chi connectivity index (χ3v) is 6.78. The van der Waals surface area contributed by atoms with Gasteiger partial charge in [-0.25, -0.2) is 0 Å². The van der Waals surface area contributed by atoms with E-state index in [1.165, 1.54) is 0 Å². The zero-order chi connectivity index (χ0) is 22.1. The largest absolute Gasteiger partial charge is 0.454 e. The van der Waals surface area contributed by atoms with Crippen LogP contribution in [0.25, 0.3) is 0 Å². The predicted octanol–water partition coefficient (Wildman–Crippen LogP) is 4.93. The molecular weight excluding hydrogens is 424 g/mol. The summed E-state index contributed by atoms with van der Waals surface area (Å²) in [7, 11) is 0. The number of nitrogens with one attached hydrogen (secondary N) is 1. The number of rotatable bonds is 4. The summed E-state index contributed by atoms with van der Waals surface area (Å²) >= 11 is 1.63. The van der Waals surface area contributed by atoms with Crippen molar-refractivity contribution >= 4 is 35.0 Å². The monoisotopic (exact) mass is 446 g/mol. The summed E-state index contributed by atoms with van der Waals surface area (Å²) in [4.78, 5) is 28.7. The van der Waals surface area contributed by atoms with Gasteiger partial charge in [0.15, 0.2) is 11.5 Å². The number of anilines is 2. The van der Waals surface area contributed by atoms with Gasteiger partial charge in [-0.2, -0.15) is 0 Å². The molecule has 5 rings (SSSR count). The second-order valence-electron chi connectivity index (χ2n) is 7.79. The van der Waals surface area contributed by atoms with Crippen molar-refractivity contribution in [3.63, 3.8) is 0 Å². The van der Waals surface area contributed by atoms with E-state index in [0.717, 1.165) is 27.4 Å². The number of hydrogen-bond donors (Lipinski definition) is 1. The standard InChI is InChI=1S/C25H22N2O4S/c1-16-5-4-6-18(11-16)26-24(28)14-27-19-7-2-3-8-22(19)32-23(13-25(27)29)17-9-10-20-21(12-17)31-15-30-20/h2-12,23H,13-15H2,1H3,(H,26,28). The summed E-state index contributed by atoms with van der Waals surface area (Å²) in [5, 5.41) is 2.81. The maximum atomic E-state index is 13.3. The number of benzene rings is 3. The number of para-hydroxylation sites is 1. The number of nitrogens with zero attached hydrogens (tertiary/aromatic N) is 1. The number of aryl methyl sites for hydroxylation is 1. The Morgan fingerprint density at radius 1 is 1.06 bits per heavy atom. The summed E-state index contributed by atoms with van der Waals surface area (Å²) in [6, 6.07) is 21.1. The first kappa shape index (κ1) is 20.5. The molecule has 0 spiro atoms. The minimum Gasteiger partial charge on any atom is -0.454 e. The van der Waals surface area contributed by atoms with Gasteiger partial charge in [0.05, 0.1) is 5.69 Å². The Kier molecular flexibility index (Phi) is 5.49. The highest BCUT2D eigenvalue weighted by atomic mass is 32.2. The molecular formula is C25H22N2O4S.